The van der Waals surface area contributed by atoms with Gasteiger partial charge >= 0.3 is 0 Å². The summed E-state index contributed by atoms with van der Waals surface area (Å²) in [6, 6.07) is 14.3. The van der Waals surface area contributed by atoms with Gasteiger partial charge in [0.1, 0.15) is 6.61 Å². The molecule has 21 heavy (non-hydrogen) atoms. The third kappa shape index (κ3) is 3.16. The summed E-state index contributed by atoms with van der Waals surface area (Å²) in [4.78, 5) is 0. The van der Waals surface area contributed by atoms with E-state index in [1.54, 1.807) is 7.11 Å². The lowest BCUT2D eigenvalue weighted by Crippen LogP contribution is -1.99. The van der Waals surface area contributed by atoms with E-state index in [1.807, 2.05) is 18.2 Å². The molecule has 2 aromatic carbocycles. The third-order valence-electron chi connectivity index (χ3n) is 3.52. The summed E-state index contributed by atoms with van der Waals surface area (Å²) < 4.78 is 11.4. The second-order valence-corrected chi connectivity index (χ2v) is 4.97. The van der Waals surface area contributed by atoms with Crippen molar-refractivity contribution in [3.8, 4) is 11.5 Å². The lowest BCUT2D eigenvalue weighted by Gasteiger charge is -2.14. The van der Waals surface area contributed by atoms with Gasteiger partial charge in [-0.1, -0.05) is 54.6 Å². The van der Waals surface area contributed by atoms with Gasteiger partial charge in [0, 0.05) is 0 Å². The van der Waals surface area contributed by atoms with Gasteiger partial charge in [0.05, 0.1) is 7.11 Å². The first-order valence-electron chi connectivity index (χ1n) is 7.07. The average Bonchev–Trinajstić information content (AvgIpc) is 2.77. The van der Waals surface area contributed by atoms with Crippen LogP contribution in [-0.4, -0.2) is 7.11 Å². The van der Waals surface area contributed by atoms with Crippen molar-refractivity contribution in [1.82, 2.24) is 0 Å². The van der Waals surface area contributed by atoms with Gasteiger partial charge in [-0.15, -0.1) is 0 Å². The summed E-state index contributed by atoms with van der Waals surface area (Å²) in [6.45, 7) is 0.540. The average molecular weight is 278 g/mol. The third-order valence-corrected chi connectivity index (χ3v) is 3.52. The molecular formula is C19H18O2. The number of fused-ring (bicyclic) bond motifs is 1. The largest absolute Gasteiger partial charge is 0.493 e. The van der Waals surface area contributed by atoms with Crippen LogP contribution in [0.4, 0.5) is 0 Å². The first kappa shape index (κ1) is 13.5. The highest BCUT2D eigenvalue weighted by atomic mass is 16.5. The highest BCUT2D eigenvalue weighted by molar-refractivity contribution is 5.62. The van der Waals surface area contributed by atoms with Crippen molar-refractivity contribution in [2.75, 3.05) is 7.11 Å². The van der Waals surface area contributed by atoms with E-state index >= 15 is 0 Å². The Bertz CT molecular complexity index is 669. The topological polar surface area (TPSA) is 18.5 Å². The van der Waals surface area contributed by atoms with E-state index < -0.39 is 0 Å². The molecule has 0 heterocycles. The number of methoxy groups -OCH3 is 1. The molecule has 0 fully saturated rings. The number of ether oxygens (including phenoxy) is 2. The summed E-state index contributed by atoms with van der Waals surface area (Å²) in [5.74, 6) is 1.57. The summed E-state index contributed by atoms with van der Waals surface area (Å²) in [5, 5.41) is 0. The Kier molecular flexibility index (Phi) is 4.06. The predicted octanol–water partition coefficient (Wildman–Crippen LogP) is 4.40. The van der Waals surface area contributed by atoms with Crippen molar-refractivity contribution in [2.24, 2.45) is 0 Å². The summed E-state index contributed by atoms with van der Waals surface area (Å²) in [6.07, 6.45) is 9.29. The second kappa shape index (κ2) is 6.31. The van der Waals surface area contributed by atoms with Gasteiger partial charge in [-0.25, -0.2) is 0 Å². The Hall–Kier alpha value is -2.48. The van der Waals surface area contributed by atoms with Crippen LogP contribution in [0.1, 0.15) is 16.7 Å². The minimum absolute atomic E-state index is 0.540. The molecule has 0 spiro atoms. The van der Waals surface area contributed by atoms with Crippen molar-refractivity contribution >= 4 is 6.08 Å². The highest BCUT2D eigenvalue weighted by Crippen LogP contribution is 2.33. The smallest absolute Gasteiger partial charge is 0.162 e. The van der Waals surface area contributed by atoms with Gasteiger partial charge in [-0.2, -0.15) is 0 Å². The first-order valence-corrected chi connectivity index (χ1v) is 7.07. The molecule has 0 N–H and O–H groups in total. The molecular weight excluding hydrogens is 260 g/mol. The van der Waals surface area contributed by atoms with Crippen molar-refractivity contribution in [3.63, 3.8) is 0 Å². The minimum atomic E-state index is 0.540. The molecule has 0 unspecified atom stereocenters. The normalized spacial score (nSPS) is 12.6. The monoisotopic (exact) mass is 278 g/mol. The van der Waals surface area contributed by atoms with E-state index in [0.717, 1.165) is 23.5 Å². The van der Waals surface area contributed by atoms with Crippen molar-refractivity contribution < 1.29 is 9.47 Å². The molecule has 106 valence electrons. The van der Waals surface area contributed by atoms with Crippen LogP contribution in [0.5, 0.6) is 11.5 Å². The number of hydrogen-bond acceptors (Lipinski definition) is 2. The van der Waals surface area contributed by atoms with E-state index in [2.05, 4.69) is 48.6 Å². The predicted molar refractivity (Wildman–Crippen MR) is 85.6 cm³/mol. The lowest BCUT2D eigenvalue weighted by molar-refractivity contribution is 0.284. The van der Waals surface area contributed by atoms with E-state index in [-0.39, 0.29) is 0 Å². The maximum atomic E-state index is 5.94. The van der Waals surface area contributed by atoms with Gasteiger partial charge in [-0.3, -0.25) is 0 Å². The van der Waals surface area contributed by atoms with Crippen LogP contribution in [0.15, 0.2) is 60.7 Å². The summed E-state index contributed by atoms with van der Waals surface area (Å²) in [5.41, 5.74) is 3.58. The SMILES string of the molecule is COc1cc2c(cc1OCc1ccccc1)C=CC=CC2. The molecule has 2 nitrogen and oxygen atoms in total. The van der Waals surface area contributed by atoms with E-state index in [4.69, 9.17) is 9.47 Å². The van der Waals surface area contributed by atoms with Gasteiger partial charge < -0.3 is 9.47 Å². The highest BCUT2D eigenvalue weighted by Gasteiger charge is 2.10. The number of hydrogen-bond donors (Lipinski definition) is 0. The van der Waals surface area contributed by atoms with Gasteiger partial charge in [0.2, 0.25) is 0 Å². The first-order chi connectivity index (χ1) is 10.4. The zero-order valence-corrected chi connectivity index (χ0v) is 12.1. The molecule has 0 saturated carbocycles. The fourth-order valence-corrected chi connectivity index (χ4v) is 2.39. The van der Waals surface area contributed by atoms with Crippen molar-refractivity contribution in [2.45, 2.75) is 13.0 Å². The molecule has 2 aromatic rings. The Morgan fingerprint density at radius 3 is 2.67 bits per heavy atom. The molecule has 1 aliphatic carbocycles. The zero-order chi connectivity index (χ0) is 14.5. The Morgan fingerprint density at radius 1 is 1.00 bits per heavy atom. The van der Waals surface area contributed by atoms with Crippen LogP contribution >= 0.6 is 0 Å². The molecule has 0 amide bonds. The van der Waals surface area contributed by atoms with Crippen LogP contribution in [0.25, 0.3) is 6.08 Å². The number of allylic oxidation sites excluding steroid dienone is 3. The molecule has 0 aromatic heterocycles. The minimum Gasteiger partial charge on any atom is -0.493 e. The van der Waals surface area contributed by atoms with Crippen LogP contribution in [0, 0.1) is 0 Å². The number of rotatable bonds is 4. The fraction of sp³-hybridized carbons (Fsp3) is 0.158. The van der Waals surface area contributed by atoms with E-state index in [0.29, 0.717) is 6.61 Å². The standard InChI is InChI=1S/C19H18O2/c1-20-18-12-16-10-6-3-7-11-17(16)13-19(18)21-14-15-8-4-2-5-9-15/h2-9,11-13H,10,14H2,1H3. The lowest BCUT2D eigenvalue weighted by atomic mass is 10.0. The van der Waals surface area contributed by atoms with Gasteiger partial charge in [0.25, 0.3) is 0 Å². The summed E-state index contributed by atoms with van der Waals surface area (Å²) in [7, 11) is 1.68. The van der Waals surface area contributed by atoms with E-state index in [9.17, 15) is 0 Å². The molecule has 3 rings (SSSR count). The van der Waals surface area contributed by atoms with Gasteiger partial charge in [0.15, 0.2) is 11.5 Å². The summed E-state index contributed by atoms with van der Waals surface area (Å²) >= 11 is 0. The molecule has 0 aliphatic heterocycles. The van der Waals surface area contributed by atoms with Crippen molar-refractivity contribution in [1.29, 1.82) is 0 Å². The molecule has 0 radical (unpaired) electrons. The molecule has 2 heteroatoms. The quantitative estimate of drug-likeness (QED) is 0.825. The maximum absolute atomic E-state index is 5.94. The molecule has 0 saturated heterocycles. The Balaban J connectivity index is 1.86. The maximum Gasteiger partial charge on any atom is 0.162 e. The van der Waals surface area contributed by atoms with Crippen molar-refractivity contribution in [3.05, 3.63) is 77.4 Å². The van der Waals surface area contributed by atoms with Crippen LogP contribution in [0.2, 0.25) is 0 Å². The zero-order valence-electron chi connectivity index (χ0n) is 12.1. The number of benzene rings is 2. The fourth-order valence-electron chi connectivity index (χ4n) is 2.39. The molecule has 0 bridgehead atoms. The second-order valence-electron chi connectivity index (χ2n) is 4.97. The van der Waals surface area contributed by atoms with Crippen LogP contribution < -0.4 is 9.47 Å². The Morgan fingerprint density at radius 2 is 1.86 bits per heavy atom. The molecule has 0 atom stereocenters. The van der Waals surface area contributed by atoms with Gasteiger partial charge in [-0.05, 0) is 35.2 Å². The van der Waals surface area contributed by atoms with E-state index in [1.165, 1.54) is 11.1 Å². The Labute approximate surface area is 125 Å². The van der Waals surface area contributed by atoms with Crippen LogP contribution in [-0.2, 0) is 13.0 Å². The van der Waals surface area contributed by atoms with Crippen LogP contribution in [0.3, 0.4) is 0 Å². The molecule has 1 aliphatic rings.